The second-order valence-electron chi connectivity index (χ2n) is 11.3. The van der Waals surface area contributed by atoms with Crippen LogP contribution in [0.4, 0.5) is 0 Å². The van der Waals surface area contributed by atoms with E-state index in [4.69, 9.17) is 4.42 Å². The molecule has 8 aromatic carbocycles. The number of rotatable bonds is 3. The molecule has 0 saturated heterocycles. The molecule has 0 amide bonds. The fourth-order valence-electron chi connectivity index (χ4n) is 6.93. The maximum Gasteiger partial charge on any atom is 0.136 e. The number of furan rings is 1. The van der Waals surface area contributed by atoms with E-state index < -0.39 is 0 Å². The minimum Gasteiger partial charge on any atom is -0.456 e. The van der Waals surface area contributed by atoms with Crippen LogP contribution in [0.3, 0.4) is 0 Å². The first-order valence-electron chi connectivity index (χ1n) is 14.8. The van der Waals surface area contributed by atoms with E-state index in [9.17, 15) is 0 Å². The van der Waals surface area contributed by atoms with Gasteiger partial charge in [-0.05, 0) is 90.0 Å². The third kappa shape index (κ3) is 3.72. The zero-order valence-corrected chi connectivity index (χ0v) is 23.4. The van der Waals surface area contributed by atoms with Crippen LogP contribution in [0, 0.1) is 0 Å². The Morgan fingerprint density at radius 2 is 0.884 bits per heavy atom. The molecule has 0 bridgehead atoms. The fourth-order valence-corrected chi connectivity index (χ4v) is 6.93. The van der Waals surface area contributed by atoms with E-state index in [-0.39, 0.29) is 0 Å². The summed E-state index contributed by atoms with van der Waals surface area (Å²) in [6.45, 7) is 0. The Balaban J connectivity index is 1.39. The van der Waals surface area contributed by atoms with E-state index in [1.807, 2.05) is 0 Å². The molecular formula is C42H26O. The van der Waals surface area contributed by atoms with Crippen LogP contribution in [-0.2, 0) is 0 Å². The standard InChI is InChI=1S/C42H26O/c1-2-12-27(13-3-1)28-16-10-17-31(24-28)40-32-18-6-8-20-34(32)41(35-21-9-7-19-33(35)40)36-22-11-23-38-42(36)37-25-29-14-4-5-15-30(29)26-39(37)43-38/h1-26H. The lowest BCUT2D eigenvalue weighted by molar-refractivity contribution is 0.669. The zero-order valence-electron chi connectivity index (χ0n) is 23.4. The topological polar surface area (TPSA) is 13.1 Å². The highest BCUT2D eigenvalue weighted by Gasteiger charge is 2.20. The SMILES string of the molecule is c1ccc(-c2cccc(-c3c4ccccc4c(-c4cccc5oc6cc7ccccc7cc6c45)c4ccccc34)c2)cc1. The van der Waals surface area contributed by atoms with Gasteiger partial charge in [-0.1, -0.05) is 133 Å². The molecule has 0 N–H and O–H groups in total. The van der Waals surface area contributed by atoms with Gasteiger partial charge in [0.1, 0.15) is 11.2 Å². The van der Waals surface area contributed by atoms with Crippen molar-refractivity contribution >= 4 is 54.3 Å². The molecule has 0 atom stereocenters. The minimum absolute atomic E-state index is 0.913. The van der Waals surface area contributed by atoms with Gasteiger partial charge >= 0.3 is 0 Å². The summed E-state index contributed by atoms with van der Waals surface area (Å²) in [6, 6.07) is 56.8. The van der Waals surface area contributed by atoms with E-state index in [1.165, 1.54) is 65.7 Å². The summed E-state index contributed by atoms with van der Waals surface area (Å²) in [7, 11) is 0. The van der Waals surface area contributed by atoms with E-state index >= 15 is 0 Å². The summed E-state index contributed by atoms with van der Waals surface area (Å²) in [5.41, 5.74) is 9.21. The Labute approximate surface area is 249 Å². The molecule has 0 fully saturated rings. The van der Waals surface area contributed by atoms with Crippen LogP contribution in [0.5, 0.6) is 0 Å². The van der Waals surface area contributed by atoms with Gasteiger partial charge in [-0.3, -0.25) is 0 Å². The van der Waals surface area contributed by atoms with E-state index in [0.29, 0.717) is 0 Å². The van der Waals surface area contributed by atoms with Crippen LogP contribution in [-0.4, -0.2) is 0 Å². The average Bonchev–Trinajstić information content (AvgIpc) is 3.44. The molecule has 200 valence electrons. The number of hydrogen-bond donors (Lipinski definition) is 0. The Hall–Kier alpha value is -5.66. The predicted molar refractivity (Wildman–Crippen MR) is 183 cm³/mol. The molecule has 1 heterocycles. The molecule has 1 nitrogen and oxygen atoms in total. The third-order valence-electron chi connectivity index (χ3n) is 8.82. The van der Waals surface area contributed by atoms with Gasteiger partial charge < -0.3 is 4.42 Å². The average molecular weight is 547 g/mol. The summed E-state index contributed by atoms with van der Waals surface area (Å²) in [4.78, 5) is 0. The van der Waals surface area contributed by atoms with Gasteiger partial charge in [0.2, 0.25) is 0 Å². The number of hydrogen-bond acceptors (Lipinski definition) is 1. The second kappa shape index (κ2) is 9.44. The Bertz CT molecular complexity index is 2440. The predicted octanol–water partition coefficient (Wildman–Crippen LogP) is 12.0. The maximum atomic E-state index is 6.50. The zero-order chi connectivity index (χ0) is 28.3. The minimum atomic E-state index is 0.913. The molecule has 0 aliphatic heterocycles. The van der Waals surface area contributed by atoms with Crippen LogP contribution in [0.1, 0.15) is 0 Å². The normalized spacial score (nSPS) is 11.7. The van der Waals surface area contributed by atoms with Crippen LogP contribution in [0.25, 0.3) is 87.6 Å². The highest BCUT2D eigenvalue weighted by atomic mass is 16.3. The van der Waals surface area contributed by atoms with Crippen molar-refractivity contribution in [1.29, 1.82) is 0 Å². The summed E-state index contributed by atoms with van der Waals surface area (Å²) in [6.07, 6.45) is 0. The first-order valence-corrected chi connectivity index (χ1v) is 14.8. The monoisotopic (exact) mass is 546 g/mol. The van der Waals surface area contributed by atoms with Crippen molar-refractivity contribution in [3.8, 4) is 33.4 Å². The van der Waals surface area contributed by atoms with Crippen LogP contribution < -0.4 is 0 Å². The van der Waals surface area contributed by atoms with Gasteiger partial charge in [-0.2, -0.15) is 0 Å². The van der Waals surface area contributed by atoms with E-state index in [1.54, 1.807) is 0 Å². The lowest BCUT2D eigenvalue weighted by Crippen LogP contribution is -1.91. The molecular weight excluding hydrogens is 520 g/mol. The largest absolute Gasteiger partial charge is 0.456 e. The van der Waals surface area contributed by atoms with Crippen LogP contribution in [0.2, 0.25) is 0 Å². The number of fused-ring (bicyclic) bond motifs is 6. The van der Waals surface area contributed by atoms with Gasteiger partial charge in [0, 0.05) is 10.8 Å². The van der Waals surface area contributed by atoms with Crippen molar-refractivity contribution in [2.24, 2.45) is 0 Å². The quantitative estimate of drug-likeness (QED) is 0.201. The maximum absolute atomic E-state index is 6.50. The highest BCUT2D eigenvalue weighted by molar-refractivity contribution is 6.26. The molecule has 43 heavy (non-hydrogen) atoms. The molecule has 0 unspecified atom stereocenters. The molecule has 9 aromatic rings. The van der Waals surface area contributed by atoms with Crippen molar-refractivity contribution in [3.63, 3.8) is 0 Å². The van der Waals surface area contributed by atoms with Crippen LogP contribution >= 0.6 is 0 Å². The summed E-state index contributed by atoms with van der Waals surface area (Å²) in [5, 5.41) is 9.69. The van der Waals surface area contributed by atoms with Crippen molar-refractivity contribution in [2.45, 2.75) is 0 Å². The summed E-state index contributed by atoms with van der Waals surface area (Å²) in [5.74, 6) is 0. The van der Waals surface area contributed by atoms with Crippen molar-refractivity contribution < 1.29 is 4.42 Å². The first kappa shape index (κ1) is 24.0. The van der Waals surface area contributed by atoms with Crippen LogP contribution in [0.15, 0.2) is 162 Å². The molecule has 0 spiro atoms. The molecule has 1 heteroatoms. The summed E-state index contributed by atoms with van der Waals surface area (Å²) < 4.78 is 6.50. The van der Waals surface area contributed by atoms with Crippen molar-refractivity contribution in [3.05, 3.63) is 158 Å². The van der Waals surface area contributed by atoms with Crippen molar-refractivity contribution in [2.75, 3.05) is 0 Å². The smallest absolute Gasteiger partial charge is 0.136 e. The first-order chi connectivity index (χ1) is 21.3. The Morgan fingerprint density at radius 3 is 1.60 bits per heavy atom. The molecule has 0 radical (unpaired) electrons. The third-order valence-corrected chi connectivity index (χ3v) is 8.82. The summed E-state index contributed by atoms with van der Waals surface area (Å²) >= 11 is 0. The lowest BCUT2D eigenvalue weighted by atomic mass is 9.84. The highest BCUT2D eigenvalue weighted by Crippen LogP contribution is 2.47. The molecule has 0 saturated carbocycles. The van der Waals surface area contributed by atoms with Gasteiger partial charge in [-0.25, -0.2) is 0 Å². The van der Waals surface area contributed by atoms with Gasteiger partial charge in [0.05, 0.1) is 0 Å². The number of benzene rings is 8. The second-order valence-corrected chi connectivity index (χ2v) is 11.3. The lowest BCUT2D eigenvalue weighted by Gasteiger charge is -2.18. The van der Waals surface area contributed by atoms with E-state index in [0.717, 1.165) is 21.9 Å². The molecule has 0 aliphatic rings. The molecule has 9 rings (SSSR count). The molecule has 0 aliphatic carbocycles. The molecule has 1 aromatic heterocycles. The van der Waals surface area contributed by atoms with Gasteiger partial charge in [0.15, 0.2) is 0 Å². The van der Waals surface area contributed by atoms with E-state index in [2.05, 4.69) is 158 Å². The van der Waals surface area contributed by atoms with Crippen molar-refractivity contribution in [1.82, 2.24) is 0 Å². The van der Waals surface area contributed by atoms with Gasteiger partial charge in [-0.15, -0.1) is 0 Å². The fraction of sp³-hybridized carbons (Fsp3) is 0. The Kier molecular flexibility index (Phi) is 5.27. The van der Waals surface area contributed by atoms with Gasteiger partial charge in [0.25, 0.3) is 0 Å². The Morgan fingerprint density at radius 1 is 0.326 bits per heavy atom.